The lowest BCUT2D eigenvalue weighted by atomic mass is 10.2. The molecule has 1 aromatic carbocycles. The van der Waals surface area contributed by atoms with E-state index in [0.717, 1.165) is 35.7 Å². The van der Waals surface area contributed by atoms with Crippen molar-refractivity contribution < 1.29 is 9.53 Å². The number of hydrogen-bond acceptors (Lipinski definition) is 4. The first kappa shape index (κ1) is 19.9. The van der Waals surface area contributed by atoms with Crippen molar-refractivity contribution in [1.29, 1.82) is 0 Å². The third-order valence-electron chi connectivity index (χ3n) is 4.50. The summed E-state index contributed by atoms with van der Waals surface area (Å²) in [5, 5.41) is 5.13. The molecule has 1 aliphatic rings. The minimum atomic E-state index is -0.133. The van der Waals surface area contributed by atoms with E-state index in [2.05, 4.69) is 15.1 Å². The molecule has 1 amide bonds. The van der Waals surface area contributed by atoms with Crippen LogP contribution < -0.4 is 5.43 Å². The van der Waals surface area contributed by atoms with Crippen LogP contribution in [0.2, 0.25) is 10.0 Å². The fourth-order valence-electron chi connectivity index (χ4n) is 3.11. The zero-order valence-corrected chi connectivity index (χ0v) is 16.8. The largest absolute Gasteiger partial charge is 0.379 e. The number of morpholine rings is 1. The Bertz CT molecular complexity index is 858. The summed E-state index contributed by atoms with van der Waals surface area (Å²) in [5.41, 5.74) is 6.47. The Balaban J connectivity index is 1.67. The molecule has 144 valence electrons. The van der Waals surface area contributed by atoms with Crippen LogP contribution in [-0.4, -0.2) is 54.4 Å². The molecule has 1 N–H and O–H groups in total. The fraction of sp³-hybridized carbons (Fsp3) is 0.368. The maximum atomic E-state index is 12.0. The average molecular weight is 409 g/mol. The predicted molar refractivity (Wildman–Crippen MR) is 108 cm³/mol. The number of aromatic nitrogens is 1. The van der Waals surface area contributed by atoms with Gasteiger partial charge in [-0.1, -0.05) is 23.2 Å². The Labute approximate surface area is 168 Å². The van der Waals surface area contributed by atoms with Crippen molar-refractivity contribution >= 4 is 35.3 Å². The van der Waals surface area contributed by atoms with E-state index in [1.54, 1.807) is 12.3 Å². The summed E-state index contributed by atoms with van der Waals surface area (Å²) in [6, 6.07) is 7.53. The molecule has 0 atom stereocenters. The monoisotopic (exact) mass is 408 g/mol. The Hall–Kier alpha value is -1.86. The Morgan fingerprint density at radius 2 is 1.96 bits per heavy atom. The molecule has 1 aliphatic heterocycles. The number of carbonyl (C=O) groups is 1. The minimum Gasteiger partial charge on any atom is -0.379 e. The van der Waals surface area contributed by atoms with Crippen LogP contribution >= 0.6 is 23.2 Å². The van der Waals surface area contributed by atoms with Crippen LogP contribution in [0.1, 0.15) is 17.0 Å². The molecule has 8 heteroatoms. The summed E-state index contributed by atoms with van der Waals surface area (Å²) < 4.78 is 7.34. The van der Waals surface area contributed by atoms with Crippen molar-refractivity contribution in [3.8, 4) is 5.69 Å². The third-order valence-corrected chi connectivity index (χ3v) is 5.23. The highest BCUT2D eigenvalue weighted by Gasteiger charge is 2.14. The molecule has 1 aromatic heterocycles. The number of carbonyl (C=O) groups excluding carboxylic acids is 1. The number of amides is 1. The first-order valence-electron chi connectivity index (χ1n) is 8.72. The molecule has 6 nitrogen and oxygen atoms in total. The first-order valence-corrected chi connectivity index (χ1v) is 9.47. The van der Waals surface area contributed by atoms with Crippen LogP contribution in [0.3, 0.4) is 0 Å². The van der Waals surface area contributed by atoms with E-state index in [1.165, 1.54) is 0 Å². The average Bonchev–Trinajstić information content (AvgIpc) is 2.92. The lowest BCUT2D eigenvalue weighted by Gasteiger charge is -2.25. The summed E-state index contributed by atoms with van der Waals surface area (Å²) in [7, 11) is 0. The van der Waals surface area contributed by atoms with E-state index < -0.39 is 0 Å². The van der Waals surface area contributed by atoms with Crippen molar-refractivity contribution in [1.82, 2.24) is 14.9 Å². The second-order valence-corrected chi connectivity index (χ2v) is 7.26. The molecule has 0 radical (unpaired) electrons. The van der Waals surface area contributed by atoms with E-state index >= 15 is 0 Å². The lowest BCUT2D eigenvalue weighted by Crippen LogP contribution is -2.42. The van der Waals surface area contributed by atoms with E-state index in [9.17, 15) is 4.79 Å². The lowest BCUT2D eigenvalue weighted by molar-refractivity contribution is -0.123. The summed E-state index contributed by atoms with van der Waals surface area (Å²) in [6.45, 7) is 7.18. The molecule has 0 bridgehead atoms. The highest BCUT2D eigenvalue weighted by atomic mass is 35.5. The number of nitrogens with one attached hydrogen (secondary N) is 1. The number of ether oxygens (including phenoxy) is 1. The number of halogens is 2. The van der Waals surface area contributed by atoms with Gasteiger partial charge in [-0.25, -0.2) is 5.43 Å². The van der Waals surface area contributed by atoms with E-state index in [-0.39, 0.29) is 5.91 Å². The van der Waals surface area contributed by atoms with Gasteiger partial charge in [0, 0.05) is 35.7 Å². The van der Waals surface area contributed by atoms with Crippen LogP contribution in [-0.2, 0) is 9.53 Å². The molecule has 0 saturated carbocycles. The van der Waals surface area contributed by atoms with Crippen molar-refractivity contribution in [3.05, 3.63) is 51.3 Å². The van der Waals surface area contributed by atoms with Gasteiger partial charge in [-0.3, -0.25) is 9.69 Å². The highest BCUT2D eigenvalue weighted by molar-refractivity contribution is 6.42. The van der Waals surface area contributed by atoms with Gasteiger partial charge < -0.3 is 9.30 Å². The van der Waals surface area contributed by atoms with E-state index in [1.807, 2.05) is 36.9 Å². The zero-order chi connectivity index (χ0) is 19.4. The number of nitrogens with zero attached hydrogens (tertiary/aromatic N) is 3. The smallest absolute Gasteiger partial charge is 0.254 e. The first-order chi connectivity index (χ1) is 13.0. The van der Waals surface area contributed by atoms with Crippen molar-refractivity contribution in [2.24, 2.45) is 5.10 Å². The molecule has 1 fully saturated rings. The van der Waals surface area contributed by atoms with Gasteiger partial charge in [0.15, 0.2) is 0 Å². The maximum Gasteiger partial charge on any atom is 0.254 e. The molecule has 2 heterocycles. The Morgan fingerprint density at radius 3 is 2.67 bits per heavy atom. The van der Waals surface area contributed by atoms with Crippen LogP contribution in [0.15, 0.2) is 29.4 Å². The molecular formula is C19H22Cl2N4O2. The fourth-order valence-corrected chi connectivity index (χ4v) is 3.40. The molecule has 27 heavy (non-hydrogen) atoms. The van der Waals surface area contributed by atoms with Crippen LogP contribution in [0.25, 0.3) is 5.69 Å². The summed E-state index contributed by atoms with van der Waals surface area (Å²) in [4.78, 5) is 14.1. The predicted octanol–water partition coefficient (Wildman–Crippen LogP) is 3.18. The van der Waals surface area contributed by atoms with Gasteiger partial charge in [0.1, 0.15) is 0 Å². The second kappa shape index (κ2) is 8.89. The normalized spacial score (nSPS) is 15.4. The van der Waals surface area contributed by atoms with Crippen molar-refractivity contribution in [2.45, 2.75) is 13.8 Å². The standard InChI is InChI=1S/C19H22Cl2N4O2/c1-13-9-15(11-22-23-19(26)12-24-5-7-27-8-6-24)14(2)25(13)16-3-4-17(20)18(21)10-16/h3-4,9-11H,5-8,12H2,1-2H3,(H,23,26). The molecular weight excluding hydrogens is 387 g/mol. The van der Waals surface area contributed by atoms with Crippen LogP contribution in [0, 0.1) is 13.8 Å². The van der Waals surface area contributed by atoms with Crippen LogP contribution in [0.5, 0.6) is 0 Å². The van der Waals surface area contributed by atoms with Gasteiger partial charge in [-0.05, 0) is 38.1 Å². The van der Waals surface area contributed by atoms with Gasteiger partial charge in [0.2, 0.25) is 0 Å². The number of rotatable bonds is 5. The highest BCUT2D eigenvalue weighted by Crippen LogP contribution is 2.27. The summed E-state index contributed by atoms with van der Waals surface area (Å²) >= 11 is 12.2. The quantitative estimate of drug-likeness (QED) is 0.610. The second-order valence-electron chi connectivity index (χ2n) is 6.44. The number of aryl methyl sites for hydroxylation is 1. The molecule has 0 unspecified atom stereocenters. The summed E-state index contributed by atoms with van der Waals surface area (Å²) in [6.07, 6.45) is 1.66. The SMILES string of the molecule is Cc1cc(C=NNC(=O)CN2CCOCC2)c(C)n1-c1ccc(Cl)c(Cl)c1. The van der Waals surface area contributed by atoms with Crippen molar-refractivity contribution in [2.75, 3.05) is 32.8 Å². The number of hydrogen-bond donors (Lipinski definition) is 1. The Morgan fingerprint density at radius 1 is 1.22 bits per heavy atom. The molecule has 1 saturated heterocycles. The van der Waals surface area contributed by atoms with Gasteiger partial charge in [0.25, 0.3) is 5.91 Å². The molecule has 0 spiro atoms. The number of benzene rings is 1. The van der Waals surface area contributed by atoms with Gasteiger partial charge in [0.05, 0.1) is 36.0 Å². The van der Waals surface area contributed by atoms with E-state index in [0.29, 0.717) is 29.8 Å². The van der Waals surface area contributed by atoms with Crippen molar-refractivity contribution in [3.63, 3.8) is 0 Å². The molecule has 0 aliphatic carbocycles. The van der Waals surface area contributed by atoms with E-state index in [4.69, 9.17) is 27.9 Å². The third kappa shape index (κ3) is 4.90. The van der Waals surface area contributed by atoms with Gasteiger partial charge in [-0.15, -0.1) is 0 Å². The number of hydrazone groups is 1. The van der Waals surface area contributed by atoms with Crippen LogP contribution in [0.4, 0.5) is 0 Å². The van der Waals surface area contributed by atoms with Gasteiger partial charge in [-0.2, -0.15) is 5.10 Å². The Kier molecular flexibility index (Phi) is 6.55. The molecule has 3 rings (SSSR count). The summed E-state index contributed by atoms with van der Waals surface area (Å²) in [5.74, 6) is -0.133. The molecule has 2 aromatic rings. The topological polar surface area (TPSA) is 58.9 Å². The maximum absolute atomic E-state index is 12.0. The zero-order valence-electron chi connectivity index (χ0n) is 15.3. The van der Waals surface area contributed by atoms with Gasteiger partial charge >= 0.3 is 0 Å². The minimum absolute atomic E-state index is 0.133.